The van der Waals surface area contributed by atoms with Crippen LogP contribution in [-0.4, -0.2) is 14.4 Å². The molecule has 3 heterocycles. The Morgan fingerprint density at radius 3 is 1.74 bits per heavy atom. The maximum absolute atomic E-state index is 5.34. The van der Waals surface area contributed by atoms with Crippen molar-refractivity contribution < 1.29 is 0 Å². The van der Waals surface area contributed by atoms with Crippen LogP contribution in [-0.2, 0) is 0 Å². The molecule has 43 heavy (non-hydrogen) atoms. The monoisotopic (exact) mass is 547 g/mol. The second kappa shape index (κ2) is 9.37. The summed E-state index contributed by atoms with van der Waals surface area (Å²) in [7, 11) is 0. The van der Waals surface area contributed by atoms with Gasteiger partial charge in [-0.25, -0.2) is 9.97 Å². The first-order chi connectivity index (χ1) is 21.3. The third kappa shape index (κ3) is 3.75. The van der Waals surface area contributed by atoms with Crippen LogP contribution in [0.3, 0.4) is 0 Å². The number of aromatic nitrogens is 3. The molecular weight excluding hydrogens is 522 g/mol. The Morgan fingerprint density at radius 1 is 0.419 bits per heavy atom. The van der Waals surface area contributed by atoms with Gasteiger partial charge in [-0.2, -0.15) is 0 Å². The van der Waals surface area contributed by atoms with E-state index in [9.17, 15) is 0 Å². The summed E-state index contributed by atoms with van der Waals surface area (Å²) in [6.45, 7) is 0. The zero-order valence-corrected chi connectivity index (χ0v) is 23.3. The van der Waals surface area contributed by atoms with Crippen molar-refractivity contribution in [2.45, 2.75) is 0 Å². The van der Waals surface area contributed by atoms with Crippen LogP contribution in [0.5, 0.6) is 0 Å². The highest BCUT2D eigenvalue weighted by molar-refractivity contribution is 6.33. The molecule has 0 aliphatic rings. The third-order valence-corrected chi connectivity index (χ3v) is 8.57. The summed E-state index contributed by atoms with van der Waals surface area (Å²) in [5.74, 6) is 0. The first-order valence-electron chi connectivity index (χ1n) is 14.6. The lowest BCUT2D eigenvalue weighted by Crippen LogP contribution is -1.93. The number of fused-ring (bicyclic) bond motifs is 9. The molecule has 0 fully saturated rings. The summed E-state index contributed by atoms with van der Waals surface area (Å²) >= 11 is 0. The summed E-state index contributed by atoms with van der Waals surface area (Å²) in [5.41, 5.74) is 8.42. The van der Waals surface area contributed by atoms with Gasteiger partial charge in [-0.05, 0) is 63.0 Å². The van der Waals surface area contributed by atoms with E-state index in [0.717, 1.165) is 44.8 Å². The number of imidazole rings is 1. The van der Waals surface area contributed by atoms with E-state index in [0.29, 0.717) is 0 Å². The molecular formula is C40H25N3. The van der Waals surface area contributed by atoms with Crippen LogP contribution in [0, 0.1) is 0 Å². The van der Waals surface area contributed by atoms with Crippen LogP contribution in [0.15, 0.2) is 152 Å². The van der Waals surface area contributed by atoms with Gasteiger partial charge in [0.05, 0.1) is 16.9 Å². The van der Waals surface area contributed by atoms with Gasteiger partial charge in [-0.3, -0.25) is 0 Å². The fraction of sp³-hybridized carbons (Fsp3) is 0. The lowest BCUT2D eigenvalue weighted by molar-refractivity contribution is 1.19. The van der Waals surface area contributed by atoms with E-state index >= 15 is 0 Å². The Bertz CT molecular complexity index is 2490. The van der Waals surface area contributed by atoms with Gasteiger partial charge in [-0.1, -0.05) is 109 Å². The summed E-state index contributed by atoms with van der Waals surface area (Å²) < 4.78 is 2.06. The van der Waals surface area contributed by atoms with Gasteiger partial charge in [-0.15, -0.1) is 0 Å². The molecule has 200 valence electrons. The minimum atomic E-state index is 0.943. The molecule has 3 heteroatoms. The number of rotatable bonds is 3. The molecule has 0 amide bonds. The smallest absolute Gasteiger partial charge is 0.137 e. The van der Waals surface area contributed by atoms with Crippen molar-refractivity contribution in [3.05, 3.63) is 152 Å². The molecule has 0 unspecified atom stereocenters. The highest BCUT2D eigenvalue weighted by atomic mass is 15.0. The van der Waals surface area contributed by atoms with Gasteiger partial charge in [0.2, 0.25) is 0 Å². The van der Waals surface area contributed by atoms with Crippen molar-refractivity contribution in [2.24, 2.45) is 0 Å². The molecule has 0 aliphatic heterocycles. The number of pyridine rings is 2. The minimum Gasteiger partial charge on any atom is -0.306 e. The van der Waals surface area contributed by atoms with Gasteiger partial charge in [0.15, 0.2) is 0 Å². The van der Waals surface area contributed by atoms with E-state index in [2.05, 4.69) is 132 Å². The van der Waals surface area contributed by atoms with Crippen LogP contribution in [0.2, 0.25) is 0 Å². The molecule has 0 saturated heterocycles. The number of hydrogen-bond acceptors (Lipinski definition) is 2. The van der Waals surface area contributed by atoms with Crippen LogP contribution in [0.25, 0.3) is 82.5 Å². The minimum absolute atomic E-state index is 0.943. The average molecular weight is 548 g/mol. The fourth-order valence-corrected chi connectivity index (χ4v) is 6.61. The molecule has 0 spiro atoms. The molecule has 6 aromatic carbocycles. The Kier molecular flexibility index (Phi) is 5.20. The van der Waals surface area contributed by atoms with E-state index in [-0.39, 0.29) is 0 Å². The molecule has 9 rings (SSSR count). The zero-order valence-electron chi connectivity index (χ0n) is 23.3. The second-order valence-electron chi connectivity index (χ2n) is 11.1. The highest BCUT2D eigenvalue weighted by Gasteiger charge is 2.17. The molecule has 0 aliphatic carbocycles. The maximum Gasteiger partial charge on any atom is 0.137 e. The molecule has 0 radical (unpaired) electrons. The Labute approximate surface area is 248 Å². The molecule has 9 aromatic rings. The normalized spacial score (nSPS) is 11.7. The number of benzene rings is 6. The predicted octanol–water partition coefficient (Wildman–Crippen LogP) is 10.3. The zero-order chi connectivity index (χ0) is 28.3. The number of nitrogens with zero attached hydrogens (tertiary/aromatic N) is 3. The van der Waals surface area contributed by atoms with Gasteiger partial charge < -0.3 is 4.40 Å². The lowest BCUT2D eigenvalue weighted by Gasteiger charge is -2.16. The number of para-hydroxylation sites is 1. The lowest BCUT2D eigenvalue weighted by atomic mass is 9.89. The van der Waals surface area contributed by atoms with E-state index in [1.807, 2.05) is 24.4 Å². The Balaban J connectivity index is 1.29. The van der Waals surface area contributed by atoms with Crippen molar-refractivity contribution in [1.29, 1.82) is 0 Å². The quantitative estimate of drug-likeness (QED) is 0.206. The van der Waals surface area contributed by atoms with Crippen LogP contribution in [0.4, 0.5) is 0 Å². The summed E-state index contributed by atoms with van der Waals surface area (Å²) in [6.07, 6.45) is 4.12. The van der Waals surface area contributed by atoms with Crippen LogP contribution >= 0.6 is 0 Å². The Hall–Kier alpha value is -5.80. The summed E-state index contributed by atoms with van der Waals surface area (Å²) in [4.78, 5) is 10.2. The first kappa shape index (κ1) is 23.9. The van der Waals surface area contributed by atoms with Crippen molar-refractivity contribution in [3.8, 4) is 33.6 Å². The topological polar surface area (TPSA) is 30.2 Å². The summed E-state index contributed by atoms with van der Waals surface area (Å²) in [5, 5.41) is 8.64. The van der Waals surface area contributed by atoms with Gasteiger partial charge in [0.25, 0.3) is 0 Å². The van der Waals surface area contributed by atoms with Crippen LogP contribution in [0.1, 0.15) is 0 Å². The van der Waals surface area contributed by atoms with Gasteiger partial charge >= 0.3 is 0 Å². The average Bonchev–Trinajstić information content (AvgIpc) is 3.53. The Morgan fingerprint density at radius 2 is 1.00 bits per heavy atom. The molecule has 0 atom stereocenters. The van der Waals surface area contributed by atoms with Crippen molar-refractivity contribution >= 4 is 48.9 Å². The number of hydrogen-bond donors (Lipinski definition) is 0. The van der Waals surface area contributed by atoms with Crippen molar-refractivity contribution in [3.63, 3.8) is 0 Å². The van der Waals surface area contributed by atoms with Crippen molar-refractivity contribution in [2.75, 3.05) is 0 Å². The molecule has 3 nitrogen and oxygen atoms in total. The molecule has 3 aromatic heterocycles. The van der Waals surface area contributed by atoms with E-state index in [1.54, 1.807) is 0 Å². The van der Waals surface area contributed by atoms with Gasteiger partial charge in [0.1, 0.15) is 5.65 Å². The third-order valence-electron chi connectivity index (χ3n) is 8.57. The SMILES string of the molecule is c1cc(-c2cccc(-c3nc4ccccc4c4c5ccccc5c5ccccc5c34)c2)cc(-c2cn3ccccc3n2)c1. The van der Waals surface area contributed by atoms with Gasteiger partial charge in [0, 0.05) is 39.7 Å². The summed E-state index contributed by atoms with van der Waals surface area (Å²) in [6, 6.07) is 49.6. The molecule has 0 N–H and O–H groups in total. The van der Waals surface area contributed by atoms with E-state index in [1.165, 1.54) is 37.7 Å². The first-order valence-corrected chi connectivity index (χ1v) is 14.6. The van der Waals surface area contributed by atoms with Crippen LogP contribution < -0.4 is 0 Å². The molecule has 0 bridgehead atoms. The van der Waals surface area contributed by atoms with E-state index in [4.69, 9.17) is 9.97 Å². The standard InChI is InChI=1S/C40H25N3/c1-3-17-32-30(15-1)31-16-2-4-18-33(31)39-38(32)34-19-5-6-20-35(34)42-40(39)29-14-10-12-27(24-29)26-11-9-13-28(23-26)36-25-43-22-8-7-21-37(43)41-36/h1-25H. The predicted molar refractivity (Wildman–Crippen MR) is 179 cm³/mol. The van der Waals surface area contributed by atoms with Crippen molar-refractivity contribution in [1.82, 2.24) is 14.4 Å². The maximum atomic E-state index is 5.34. The largest absolute Gasteiger partial charge is 0.306 e. The highest BCUT2D eigenvalue weighted by Crippen LogP contribution is 2.43. The fourth-order valence-electron chi connectivity index (χ4n) is 6.61. The van der Waals surface area contributed by atoms with E-state index < -0.39 is 0 Å². The molecule has 0 saturated carbocycles. The second-order valence-corrected chi connectivity index (χ2v) is 11.1.